The molecule has 0 fully saturated rings. The van der Waals surface area contributed by atoms with Gasteiger partial charge in [-0.2, -0.15) is 4.39 Å². The molecule has 0 saturated carbocycles. The van der Waals surface area contributed by atoms with E-state index in [9.17, 15) is 18.9 Å². The first kappa shape index (κ1) is 15.2. The number of nitrogens with zero attached hydrogens (tertiary/aromatic N) is 1. The molecule has 0 aliphatic heterocycles. The van der Waals surface area contributed by atoms with Gasteiger partial charge in [-0.1, -0.05) is 22.0 Å². The van der Waals surface area contributed by atoms with Crippen LogP contribution in [0.15, 0.2) is 34.8 Å². The van der Waals surface area contributed by atoms with Crippen molar-refractivity contribution in [3.63, 3.8) is 0 Å². The van der Waals surface area contributed by atoms with Crippen LogP contribution in [0, 0.1) is 21.7 Å². The lowest BCUT2D eigenvalue weighted by Crippen LogP contribution is -2.00. The Balaban J connectivity index is 2.52. The first-order valence-electron chi connectivity index (χ1n) is 5.71. The van der Waals surface area contributed by atoms with Gasteiger partial charge in [0.15, 0.2) is 11.6 Å². The van der Waals surface area contributed by atoms with Gasteiger partial charge in [0.05, 0.1) is 4.92 Å². The topological polar surface area (TPSA) is 64.4 Å². The summed E-state index contributed by atoms with van der Waals surface area (Å²) in [7, 11) is 1.51. The average Bonchev–Trinajstić information content (AvgIpc) is 2.43. The second kappa shape index (κ2) is 6.04. The molecule has 0 heterocycles. The lowest BCUT2D eigenvalue weighted by Gasteiger charge is -2.10. The number of nitrogens with one attached hydrogen (secondary N) is 1. The van der Waals surface area contributed by atoms with E-state index in [1.54, 1.807) is 0 Å². The van der Waals surface area contributed by atoms with Crippen molar-refractivity contribution in [1.82, 2.24) is 0 Å². The van der Waals surface area contributed by atoms with E-state index in [0.717, 1.165) is 6.07 Å². The third-order valence-electron chi connectivity index (χ3n) is 2.63. The smallest absolute Gasteiger partial charge is 0.334 e. The number of anilines is 1. The third kappa shape index (κ3) is 3.10. The first-order valence-corrected chi connectivity index (χ1v) is 6.51. The van der Waals surface area contributed by atoms with E-state index >= 15 is 0 Å². The SMILES string of the molecule is CNc1cccc(Oc2cc(Br)cc(F)c2F)c1[N+](=O)[O-]. The number of ether oxygens (including phenoxy) is 1. The lowest BCUT2D eigenvalue weighted by atomic mass is 10.2. The quantitative estimate of drug-likeness (QED) is 0.497. The summed E-state index contributed by atoms with van der Waals surface area (Å²) >= 11 is 3.00. The Bertz CT molecular complexity index is 710. The summed E-state index contributed by atoms with van der Waals surface area (Å²) in [4.78, 5) is 10.5. The number of nitro groups is 1. The van der Waals surface area contributed by atoms with Crippen LogP contribution in [0.1, 0.15) is 0 Å². The number of benzene rings is 2. The van der Waals surface area contributed by atoms with Gasteiger partial charge in [-0.15, -0.1) is 0 Å². The van der Waals surface area contributed by atoms with Crippen molar-refractivity contribution in [2.45, 2.75) is 0 Å². The van der Waals surface area contributed by atoms with Crippen LogP contribution in [0.25, 0.3) is 0 Å². The minimum Gasteiger partial charge on any atom is -0.447 e. The Morgan fingerprint density at radius 2 is 2.00 bits per heavy atom. The van der Waals surface area contributed by atoms with Crippen molar-refractivity contribution in [2.75, 3.05) is 12.4 Å². The second-order valence-electron chi connectivity index (χ2n) is 3.96. The molecule has 0 aliphatic carbocycles. The zero-order chi connectivity index (χ0) is 15.6. The molecule has 0 radical (unpaired) electrons. The Kier molecular flexibility index (Phi) is 4.37. The normalized spacial score (nSPS) is 10.3. The van der Waals surface area contributed by atoms with Gasteiger partial charge in [0, 0.05) is 11.5 Å². The number of halogens is 3. The lowest BCUT2D eigenvalue weighted by molar-refractivity contribution is -0.384. The number of nitro benzene ring substituents is 1. The van der Waals surface area contributed by atoms with Crippen LogP contribution < -0.4 is 10.1 Å². The third-order valence-corrected chi connectivity index (χ3v) is 3.09. The molecule has 0 saturated heterocycles. The first-order chi connectivity index (χ1) is 9.93. The molecule has 0 unspecified atom stereocenters. The highest BCUT2D eigenvalue weighted by Gasteiger charge is 2.22. The van der Waals surface area contributed by atoms with E-state index in [1.165, 1.54) is 31.3 Å². The molecule has 0 atom stereocenters. The van der Waals surface area contributed by atoms with Crippen LogP contribution in [-0.2, 0) is 0 Å². The molecule has 110 valence electrons. The highest BCUT2D eigenvalue weighted by molar-refractivity contribution is 9.10. The number of hydrogen-bond acceptors (Lipinski definition) is 4. The maximum absolute atomic E-state index is 13.7. The van der Waals surface area contributed by atoms with Gasteiger partial charge >= 0.3 is 5.69 Å². The van der Waals surface area contributed by atoms with E-state index < -0.39 is 22.3 Å². The van der Waals surface area contributed by atoms with Crippen LogP contribution in [0.5, 0.6) is 11.5 Å². The summed E-state index contributed by atoms with van der Waals surface area (Å²) in [5, 5.41) is 13.8. The summed E-state index contributed by atoms with van der Waals surface area (Å²) in [5.74, 6) is -2.98. The monoisotopic (exact) mass is 358 g/mol. The molecule has 2 aromatic rings. The number of para-hydroxylation sites is 1. The molecule has 5 nitrogen and oxygen atoms in total. The summed E-state index contributed by atoms with van der Waals surface area (Å²) < 4.78 is 32.4. The predicted octanol–water partition coefficient (Wildman–Crippen LogP) is 4.47. The summed E-state index contributed by atoms with van der Waals surface area (Å²) in [6.07, 6.45) is 0. The van der Waals surface area contributed by atoms with Gasteiger partial charge in [-0.25, -0.2) is 4.39 Å². The van der Waals surface area contributed by atoms with Gasteiger partial charge in [0.2, 0.25) is 11.6 Å². The summed E-state index contributed by atoms with van der Waals surface area (Å²) in [5.41, 5.74) is -0.159. The van der Waals surface area contributed by atoms with Gasteiger partial charge in [-0.3, -0.25) is 10.1 Å². The van der Waals surface area contributed by atoms with Crippen LogP contribution >= 0.6 is 15.9 Å². The number of hydrogen-bond donors (Lipinski definition) is 1. The Morgan fingerprint density at radius 3 is 2.62 bits per heavy atom. The Labute approximate surface area is 126 Å². The summed E-state index contributed by atoms with van der Waals surface area (Å²) in [6.45, 7) is 0. The van der Waals surface area contributed by atoms with Crippen molar-refractivity contribution in [2.24, 2.45) is 0 Å². The zero-order valence-electron chi connectivity index (χ0n) is 10.7. The fourth-order valence-electron chi connectivity index (χ4n) is 1.72. The zero-order valence-corrected chi connectivity index (χ0v) is 12.3. The Morgan fingerprint density at radius 1 is 1.29 bits per heavy atom. The minimum absolute atomic E-state index is 0.191. The number of rotatable bonds is 4. The summed E-state index contributed by atoms with van der Waals surface area (Å²) in [6, 6.07) is 6.40. The molecular formula is C13H9BrF2N2O3. The molecule has 0 amide bonds. The fourth-order valence-corrected chi connectivity index (χ4v) is 2.13. The molecule has 0 aromatic heterocycles. The molecule has 0 aliphatic rings. The van der Waals surface area contributed by atoms with E-state index in [-0.39, 0.29) is 21.6 Å². The van der Waals surface area contributed by atoms with Crippen LogP contribution in [0.4, 0.5) is 20.2 Å². The molecule has 1 N–H and O–H groups in total. The van der Waals surface area contributed by atoms with E-state index in [1.807, 2.05) is 0 Å². The van der Waals surface area contributed by atoms with Gasteiger partial charge in [-0.05, 0) is 24.3 Å². The predicted molar refractivity (Wildman–Crippen MR) is 76.8 cm³/mol. The average molecular weight is 359 g/mol. The molecule has 2 rings (SSSR count). The van der Waals surface area contributed by atoms with Crippen molar-refractivity contribution in [1.29, 1.82) is 0 Å². The fraction of sp³-hybridized carbons (Fsp3) is 0.0769. The van der Waals surface area contributed by atoms with E-state index in [2.05, 4.69) is 21.2 Å². The molecule has 21 heavy (non-hydrogen) atoms. The van der Waals surface area contributed by atoms with Gasteiger partial charge in [0.1, 0.15) is 5.69 Å². The standard InChI is InChI=1S/C13H9BrF2N2O3/c1-17-9-3-2-4-10(13(9)18(19)20)21-11-6-7(14)5-8(15)12(11)16/h2-6,17H,1H3. The van der Waals surface area contributed by atoms with Crippen molar-refractivity contribution in [3.8, 4) is 11.5 Å². The van der Waals surface area contributed by atoms with Crippen LogP contribution in [0.2, 0.25) is 0 Å². The van der Waals surface area contributed by atoms with Crippen LogP contribution in [-0.4, -0.2) is 12.0 Å². The molecule has 8 heteroatoms. The molecule has 0 bridgehead atoms. The van der Waals surface area contributed by atoms with Crippen molar-refractivity contribution < 1.29 is 18.4 Å². The highest BCUT2D eigenvalue weighted by Crippen LogP contribution is 2.38. The Hall–Kier alpha value is -2.22. The van der Waals surface area contributed by atoms with E-state index in [0.29, 0.717) is 0 Å². The molecule has 0 spiro atoms. The maximum atomic E-state index is 13.7. The second-order valence-corrected chi connectivity index (χ2v) is 4.88. The maximum Gasteiger partial charge on any atom is 0.334 e. The van der Waals surface area contributed by atoms with Gasteiger partial charge in [0.25, 0.3) is 0 Å². The van der Waals surface area contributed by atoms with E-state index in [4.69, 9.17) is 4.74 Å². The van der Waals surface area contributed by atoms with Crippen molar-refractivity contribution in [3.05, 3.63) is 56.6 Å². The van der Waals surface area contributed by atoms with Gasteiger partial charge < -0.3 is 10.1 Å². The van der Waals surface area contributed by atoms with Crippen molar-refractivity contribution >= 4 is 27.3 Å². The molecule has 2 aromatic carbocycles. The van der Waals surface area contributed by atoms with Crippen LogP contribution in [0.3, 0.4) is 0 Å². The largest absolute Gasteiger partial charge is 0.447 e. The highest BCUT2D eigenvalue weighted by atomic mass is 79.9. The molecular weight excluding hydrogens is 350 g/mol. The minimum atomic E-state index is -1.22.